The average Bonchev–Trinajstić information content (AvgIpc) is 3.17. The number of carbonyl (C=O) groups excluding carboxylic acids is 1. The van der Waals surface area contributed by atoms with Gasteiger partial charge in [0, 0.05) is 25.5 Å². The smallest absolute Gasteiger partial charge is 0.322 e. The molecular formula is C13H16N4O3S. The van der Waals surface area contributed by atoms with Crippen LogP contribution in [0.25, 0.3) is 0 Å². The summed E-state index contributed by atoms with van der Waals surface area (Å²) < 4.78 is 10.6. The van der Waals surface area contributed by atoms with Crippen LogP contribution in [0.5, 0.6) is 0 Å². The van der Waals surface area contributed by atoms with Crippen molar-refractivity contribution in [2.45, 2.75) is 25.5 Å². The van der Waals surface area contributed by atoms with Gasteiger partial charge in [0.15, 0.2) is 5.82 Å². The van der Waals surface area contributed by atoms with Gasteiger partial charge in [-0.3, -0.25) is 0 Å². The van der Waals surface area contributed by atoms with Crippen molar-refractivity contribution in [1.29, 1.82) is 0 Å². The van der Waals surface area contributed by atoms with Crippen molar-refractivity contribution in [2.75, 3.05) is 19.0 Å². The number of thiophene rings is 1. The Morgan fingerprint density at radius 3 is 3.10 bits per heavy atom. The summed E-state index contributed by atoms with van der Waals surface area (Å²) in [6, 6.07) is 1.42. The number of rotatable bonds is 3. The van der Waals surface area contributed by atoms with E-state index >= 15 is 0 Å². The van der Waals surface area contributed by atoms with Crippen LogP contribution in [0.4, 0.5) is 10.5 Å². The first-order valence-electron chi connectivity index (χ1n) is 6.60. The van der Waals surface area contributed by atoms with E-state index in [1.807, 2.05) is 16.8 Å². The molecule has 0 aliphatic carbocycles. The predicted molar refractivity (Wildman–Crippen MR) is 77.2 cm³/mol. The Balaban J connectivity index is 1.78. The van der Waals surface area contributed by atoms with Gasteiger partial charge in [0.05, 0.1) is 11.8 Å². The quantitative estimate of drug-likeness (QED) is 0.942. The number of ether oxygens (including phenoxy) is 1. The normalized spacial score (nSPS) is 21.7. The zero-order valence-corrected chi connectivity index (χ0v) is 12.6. The Morgan fingerprint density at radius 2 is 2.48 bits per heavy atom. The summed E-state index contributed by atoms with van der Waals surface area (Å²) in [6.45, 7) is 2.25. The van der Waals surface area contributed by atoms with Gasteiger partial charge in [-0.2, -0.15) is 16.3 Å². The van der Waals surface area contributed by atoms with Crippen molar-refractivity contribution in [3.8, 4) is 0 Å². The topological polar surface area (TPSA) is 80.5 Å². The molecule has 1 fully saturated rings. The lowest BCUT2D eigenvalue weighted by atomic mass is 10.2. The van der Waals surface area contributed by atoms with Gasteiger partial charge in [-0.1, -0.05) is 5.16 Å². The molecule has 0 aromatic carbocycles. The molecule has 7 nitrogen and oxygen atoms in total. The molecule has 0 saturated carbocycles. The van der Waals surface area contributed by atoms with E-state index in [0.717, 1.165) is 5.69 Å². The van der Waals surface area contributed by atoms with E-state index in [-0.39, 0.29) is 18.2 Å². The highest BCUT2D eigenvalue weighted by atomic mass is 32.1. The van der Waals surface area contributed by atoms with Gasteiger partial charge in [0.1, 0.15) is 6.04 Å². The van der Waals surface area contributed by atoms with Gasteiger partial charge in [0.2, 0.25) is 5.89 Å². The zero-order valence-electron chi connectivity index (χ0n) is 11.8. The standard InChI is InChI=1S/C13H16N4O3S/c1-8-14-12(20-16-8)11-5-10(19-2)6-17(11)13(18)15-9-3-4-21-7-9/h3-4,7,10-11H,5-6H2,1-2H3,(H,15,18)/t10-,11+/m0/s1. The second-order valence-corrected chi connectivity index (χ2v) is 5.66. The fourth-order valence-electron chi connectivity index (χ4n) is 2.41. The average molecular weight is 308 g/mol. The van der Waals surface area contributed by atoms with Crippen molar-refractivity contribution < 1.29 is 14.1 Å². The number of likely N-dealkylation sites (tertiary alicyclic amines) is 1. The van der Waals surface area contributed by atoms with Gasteiger partial charge in [0.25, 0.3) is 0 Å². The van der Waals surface area contributed by atoms with Crippen LogP contribution in [0.3, 0.4) is 0 Å². The summed E-state index contributed by atoms with van der Waals surface area (Å²) >= 11 is 1.53. The first-order valence-corrected chi connectivity index (χ1v) is 7.54. The second kappa shape index (κ2) is 5.82. The van der Waals surface area contributed by atoms with E-state index < -0.39 is 0 Å². The maximum absolute atomic E-state index is 12.4. The summed E-state index contributed by atoms with van der Waals surface area (Å²) in [6.07, 6.45) is 0.616. The molecule has 2 amide bonds. The molecule has 0 radical (unpaired) electrons. The molecule has 8 heteroatoms. The van der Waals surface area contributed by atoms with Gasteiger partial charge in [-0.05, 0) is 18.4 Å². The number of aromatic nitrogens is 2. The van der Waals surface area contributed by atoms with Crippen LogP contribution in [0.1, 0.15) is 24.2 Å². The summed E-state index contributed by atoms with van der Waals surface area (Å²) in [4.78, 5) is 18.4. The van der Waals surface area contributed by atoms with E-state index in [0.29, 0.717) is 24.7 Å². The van der Waals surface area contributed by atoms with Gasteiger partial charge in [-0.15, -0.1) is 0 Å². The van der Waals surface area contributed by atoms with Crippen LogP contribution in [-0.4, -0.2) is 40.8 Å². The highest BCUT2D eigenvalue weighted by Crippen LogP contribution is 2.33. The molecule has 2 aromatic rings. The third kappa shape index (κ3) is 2.91. The second-order valence-electron chi connectivity index (χ2n) is 4.88. The minimum atomic E-state index is -0.255. The van der Waals surface area contributed by atoms with Crippen molar-refractivity contribution in [3.63, 3.8) is 0 Å². The number of methoxy groups -OCH3 is 1. The number of aryl methyl sites for hydroxylation is 1. The monoisotopic (exact) mass is 308 g/mol. The summed E-state index contributed by atoms with van der Waals surface area (Å²) in [5.74, 6) is 1.01. The van der Waals surface area contributed by atoms with E-state index in [4.69, 9.17) is 9.26 Å². The Hall–Kier alpha value is -1.93. The number of hydrogen-bond donors (Lipinski definition) is 1. The zero-order chi connectivity index (χ0) is 14.8. The third-order valence-electron chi connectivity index (χ3n) is 3.46. The van der Waals surface area contributed by atoms with Crippen LogP contribution in [0.2, 0.25) is 0 Å². The van der Waals surface area contributed by atoms with Gasteiger partial charge >= 0.3 is 6.03 Å². The Kier molecular flexibility index (Phi) is 3.89. The maximum Gasteiger partial charge on any atom is 0.322 e. The molecule has 2 atom stereocenters. The highest BCUT2D eigenvalue weighted by molar-refractivity contribution is 7.08. The van der Waals surface area contributed by atoms with Gasteiger partial charge < -0.3 is 19.5 Å². The molecule has 0 spiro atoms. The Bertz CT molecular complexity index is 613. The van der Waals surface area contributed by atoms with E-state index in [2.05, 4.69) is 15.5 Å². The summed E-state index contributed by atoms with van der Waals surface area (Å²) in [5, 5.41) is 10.5. The van der Waals surface area contributed by atoms with E-state index in [9.17, 15) is 4.79 Å². The molecule has 1 aliphatic rings. The van der Waals surface area contributed by atoms with Crippen molar-refractivity contribution in [2.24, 2.45) is 0 Å². The minimum Gasteiger partial charge on any atom is -0.380 e. The summed E-state index contributed by atoms with van der Waals surface area (Å²) in [7, 11) is 1.64. The molecule has 1 N–H and O–H groups in total. The van der Waals surface area contributed by atoms with Crippen molar-refractivity contribution in [3.05, 3.63) is 28.5 Å². The highest BCUT2D eigenvalue weighted by Gasteiger charge is 2.39. The van der Waals surface area contributed by atoms with Crippen molar-refractivity contribution in [1.82, 2.24) is 15.0 Å². The minimum absolute atomic E-state index is 0.0320. The fourth-order valence-corrected chi connectivity index (χ4v) is 2.99. The van der Waals surface area contributed by atoms with Crippen LogP contribution >= 0.6 is 11.3 Å². The lowest BCUT2D eigenvalue weighted by Gasteiger charge is -2.21. The van der Waals surface area contributed by atoms with E-state index in [1.165, 1.54) is 11.3 Å². The number of nitrogens with one attached hydrogen (secondary N) is 1. The molecular weight excluding hydrogens is 292 g/mol. The van der Waals surface area contributed by atoms with Crippen LogP contribution < -0.4 is 5.32 Å². The summed E-state index contributed by atoms with van der Waals surface area (Å²) in [5.41, 5.74) is 0.784. The van der Waals surface area contributed by atoms with Crippen LogP contribution in [-0.2, 0) is 4.74 Å². The largest absolute Gasteiger partial charge is 0.380 e. The molecule has 21 heavy (non-hydrogen) atoms. The number of urea groups is 1. The molecule has 1 aliphatic heterocycles. The number of anilines is 1. The van der Waals surface area contributed by atoms with Crippen LogP contribution in [0.15, 0.2) is 21.3 Å². The Morgan fingerprint density at radius 1 is 1.62 bits per heavy atom. The first-order chi connectivity index (χ1) is 10.2. The molecule has 3 rings (SSSR count). The number of carbonyl (C=O) groups is 1. The fraction of sp³-hybridized carbons (Fsp3) is 0.462. The third-order valence-corrected chi connectivity index (χ3v) is 4.14. The number of hydrogen-bond acceptors (Lipinski definition) is 6. The molecule has 1 saturated heterocycles. The molecule has 3 heterocycles. The van der Waals surface area contributed by atoms with E-state index in [1.54, 1.807) is 18.9 Å². The number of amides is 2. The first kappa shape index (κ1) is 14.0. The molecule has 0 unspecified atom stereocenters. The lowest BCUT2D eigenvalue weighted by molar-refractivity contribution is 0.111. The Labute approximate surface area is 125 Å². The number of nitrogens with zero attached hydrogens (tertiary/aromatic N) is 3. The van der Waals surface area contributed by atoms with Gasteiger partial charge in [-0.25, -0.2) is 4.79 Å². The SMILES string of the molecule is CO[C@H]1C[C@H](c2nc(C)no2)N(C(=O)Nc2ccsc2)C1. The van der Waals surface area contributed by atoms with Crippen LogP contribution in [0, 0.1) is 6.92 Å². The molecule has 0 bridgehead atoms. The molecule has 2 aromatic heterocycles. The predicted octanol–water partition coefficient (Wildman–Crippen LogP) is 2.43. The maximum atomic E-state index is 12.4. The molecule has 112 valence electrons. The lowest BCUT2D eigenvalue weighted by Crippen LogP contribution is -2.35. The van der Waals surface area contributed by atoms with Crippen molar-refractivity contribution >= 4 is 23.1 Å².